The zero-order valence-electron chi connectivity index (χ0n) is 15.8. The van der Waals surface area contributed by atoms with Crippen LogP contribution in [0.4, 0.5) is 0 Å². The molecule has 6 nitrogen and oxygen atoms in total. The second-order valence-electron chi connectivity index (χ2n) is 6.99. The third kappa shape index (κ3) is 4.84. The van der Waals surface area contributed by atoms with Crippen molar-refractivity contribution in [3.63, 3.8) is 0 Å². The predicted octanol–water partition coefficient (Wildman–Crippen LogP) is 2.44. The molecule has 2 N–H and O–H groups in total. The van der Waals surface area contributed by atoms with Gasteiger partial charge in [0.15, 0.2) is 0 Å². The predicted molar refractivity (Wildman–Crippen MR) is 107 cm³/mol. The number of nitrogens with two attached hydrogens (primary N) is 1. The van der Waals surface area contributed by atoms with Crippen LogP contribution in [-0.4, -0.2) is 47.2 Å². The quantitative estimate of drug-likeness (QED) is 0.508. The summed E-state index contributed by atoms with van der Waals surface area (Å²) in [5, 5.41) is 0. The lowest BCUT2D eigenvalue weighted by Gasteiger charge is -2.22. The topological polar surface area (TPSA) is 83.7 Å². The van der Waals surface area contributed by atoms with Crippen LogP contribution in [0.15, 0.2) is 54.6 Å². The molecule has 1 heterocycles. The number of amides is 3. The van der Waals surface area contributed by atoms with Crippen LogP contribution in [0.5, 0.6) is 0 Å². The van der Waals surface area contributed by atoms with E-state index in [0.717, 1.165) is 19.5 Å². The minimum absolute atomic E-state index is 0.213. The average molecular weight is 379 g/mol. The van der Waals surface area contributed by atoms with Crippen LogP contribution in [0.1, 0.15) is 45.5 Å². The van der Waals surface area contributed by atoms with Gasteiger partial charge in [-0.2, -0.15) is 0 Å². The van der Waals surface area contributed by atoms with Crippen molar-refractivity contribution in [2.24, 2.45) is 5.73 Å². The molecule has 0 bridgehead atoms. The summed E-state index contributed by atoms with van der Waals surface area (Å²) in [4.78, 5) is 39.5. The summed E-state index contributed by atoms with van der Waals surface area (Å²) in [6, 6.07) is 17.0. The highest BCUT2D eigenvalue weighted by molar-refractivity contribution is 6.21. The molecule has 0 saturated heterocycles. The zero-order valence-corrected chi connectivity index (χ0v) is 15.8. The Hall–Kier alpha value is -2.99. The van der Waals surface area contributed by atoms with Crippen molar-refractivity contribution in [2.75, 3.05) is 19.6 Å². The van der Waals surface area contributed by atoms with Crippen LogP contribution in [0, 0.1) is 0 Å². The molecule has 1 aliphatic heterocycles. The minimum atomic E-state index is -0.316. The van der Waals surface area contributed by atoms with Gasteiger partial charge in [-0.1, -0.05) is 42.5 Å². The number of fused-ring (bicyclic) bond motifs is 1. The molecular formula is C22H25N3O3. The SMILES string of the molecule is NC(=O)CCN(CCCCN1C(=O)c2ccccc2C1=O)Cc1ccccc1. The molecule has 6 heteroatoms. The maximum atomic E-state index is 12.4. The summed E-state index contributed by atoms with van der Waals surface area (Å²) >= 11 is 0. The highest BCUT2D eigenvalue weighted by Gasteiger charge is 2.34. The number of carbonyl (C=O) groups is 3. The van der Waals surface area contributed by atoms with E-state index in [4.69, 9.17) is 5.73 Å². The lowest BCUT2D eigenvalue weighted by atomic mass is 10.1. The number of carbonyl (C=O) groups excluding carboxylic acids is 3. The summed E-state index contributed by atoms with van der Waals surface area (Å²) in [6.07, 6.45) is 1.84. The number of imide groups is 1. The van der Waals surface area contributed by atoms with E-state index in [1.807, 2.05) is 18.2 Å². The van der Waals surface area contributed by atoms with E-state index < -0.39 is 0 Å². The van der Waals surface area contributed by atoms with Gasteiger partial charge in [0, 0.05) is 26.1 Å². The molecule has 0 aliphatic carbocycles. The van der Waals surface area contributed by atoms with Gasteiger partial charge in [-0.05, 0) is 37.1 Å². The Kier molecular flexibility index (Phi) is 6.55. The Morgan fingerprint density at radius 3 is 2.07 bits per heavy atom. The van der Waals surface area contributed by atoms with E-state index in [1.54, 1.807) is 24.3 Å². The van der Waals surface area contributed by atoms with Gasteiger partial charge >= 0.3 is 0 Å². The number of unbranched alkanes of at least 4 members (excludes halogenated alkanes) is 1. The summed E-state index contributed by atoms with van der Waals surface area (Å²) in [5.41, 5.74) is 7.44. The molecule has 0 saturated carbocycles. The number of nitrogens with zero attached hydrogens (tertiary/aromatic N) is 2. The van der Waals surface area contributed by atoms with Crippen molar-refractivity contribution in [3.05, 3.63) is 71.3 Å². The van der Waals surface area contributed by atoms with Crippen LogP contribution >= 0.6 is 0 Å². The fraction of sp³-hybridized carbons (Fsp3) is 0.318. The summed E-state index contributed by atoms with van der Waals surface area (Å²) in [6.45, 7) is 2.51. The Balaban J connectivity index is 1.51. The van der Waals surface area contributed by atoms with Crippen LogP contribution in [-0.2, 0) is 11.3 Å². The van der Waals surface area contributed by atoms with E-state index >= 15 is 0 Å². The number of primary amides is 1. The van der Waals surface area contributed by atoms with Gasteiger partial charge in [-0.25, -0.2) is 0 Å². The molecule has 28 heavy (non-hydrogen) atoms. The number of rotatable bonds is 10. The lowest BCUT2D eigenvalue weighted by molar-refractivity contribution is -0.118. The molecular weight excluding hydrogens is 354 g/mol. The van der Waals surface area contributed by atoms with Crippen molar-refractivity contribution in [3.8, 4) is 0 Å². The zero-order chi connectivity index (χ0) is 19.9. The molecule has 3 amide bonds. The summed E-state index contributed by atoms with van der Waals surface area (Å²) in [7, 11) is 0. The lowest BCUT2D eigenvalue weighted by Crippen LogP contribution is -2.32. The number of hydrogen-bond acceptors (Lipinski definition) is 4. The maximum Gasteiger partial charge on any atom is 0.261 e. The third-order valence-corrected chi connectivity index (χ3v) is 4.91. The first-order valence-electron chi connectivity index (χ1n) is 9.56. The Bertz CT molecular complexity index is 816. The van der Waals surface area contributed by atoms with E-state index in [1.165, 1.54) is 10.5 Å². The van der Waals surface area contributed by atoms with E-state index in [9.17, 15) is 14.4 Å². The molecule has 0 radical (unpaired) electrons. The first-order chi connectivity index (χ1) is 13.6. The van der Waals surface area contributed by atoms with E-state index in [0.29, 0.717) is 37.1 Å². The second kappa shape index (κ2) is 9.28. The molecule has 1 aliphatic rings. The van der Waals surface area contributed by atoms with Crippen molar-refractivity contribution in [1.29, 1.82) is 0 Å². The molecule has 0 aromatic heterocycles. The second-order valence-corrected chi connectivity index (χ2v) is 6.99. The molecule has 0 atom stereocenters. The Labute approximate surface area is 164 Å². The van der Waals surface area contributed by atoms with Crippen molar-refractivity contribution < 1.29 is 14.4 Å². The molecule has 0 unspecified atom stereocenters. The van der Waals surface area contributed by atoms with Crippen LogP contribution < -0.4 is 5.73 Å². The van der Waals surface area contributed by atoms with Gasteiger partial charge in [-0.3, -0.25) is 24.2 Å². The van der Waals surface area contributed by atoms with Gasteiger partial charge < -0.3 is 5.73 Å². The normalized spacial score (nSPS) is 13.2. The highest BCUT2D eigenvalue weighted by atomic mass is 16.2. The molecule has 2 aromatic carbocycles. The van der Waals surface area contributed by atoms with E-state index in [2.05, 4.69) is 17.0 Å². The Morgan fingerprint density at radius 2 is 1.46 bits per heavy atom. The van der Waals surface area contributed by atoms with Gasteiger partial charge in [0.05, 0.1) is 11.1 Å². The molecule has 0 spiro atoms. The largest absolute Gasteiger partial charge is 0.370 e. The fourth-order valence-corrected chi connectivity index (χ4v) is 3.43. The van der Waals surface area contributed by atoms with E-state index in [-0.39, 0.29) is 17.7 Å². The molecule has 2 aromatic rings. The van der Waals surface area contributed by atoms with Crippen LogP contribution in [0.2, 0.25) is 0 Å². The molecule has 0 fully saturated rings. The van der Waals surface area contributed by atoms with Crippen LogP contribution in [0.3, 0.4) is 0 Å². The van der Waals surface area contributed by atoms with Gasteiger partial charge in [0.25, 0.3) is 11.8 Å². The van der Waals surface area contributed by atoms with Crippen molar-refractivity contribution in [2.45, 2.75) is 25.8 Å². The van der Waals surface area contributed by atoms with Gasteiger partial charge in [0.2, 0.25) is 5.91 Å². The monoisotopic (exact) mass is 379 g/mol. The minimum Gasteiger partial charge on any atom is -0.370 e. The number of hydrogen-bond donors (Lipinski definition) is 1. The van der Waals surface area contributed by atoms with Crippen LogP contribution in [0.25, 0.3) is 0 Å². The van der Waals surface area contributed by atoms with Gasteiger partial charge in [-0.15, -0.1) is 0 Å². The van der Waals surface area contributed by atoms with Gasteiger partial charge in [0.1, 0.15) is 0 Å². The molecule has 3 rings (SSSR count). The summed E-state index contributed by atoms with van der Waals surface area (Å²) in [5.74, 6) is -0.741. The highest BCUT2D eigenvalue weighted by Crippen LogP contribution is 2.22. The first-order valence-corrected chi connectivity index (χ1v) is 9.56. The first kappa shape index (κ1) is 19.8. The third-order valence-electron chi connectivity index (χ3n) is 4.91. The Morgan fingerprint density at radius 1 is 0.857 bits per heavy atom. The summed E-state index contributed by atoms with van der Waals surface area (Å²) < 4.78 is 0. The number of benzene rings is 2. The van der Waals surface area contributed by atoms with Crippen molar-refractivity contribution >= 4 is 17.7 Å². The van der Waals surface area contributed by atoms with Crippen molar-refractivity contribution in [1.82, 2.24) is 9.80 Å². The maximum absolute atomic E-state index is 12.4. The smallest absolute Gasteiger partial charge is 0.261 e. The standard InChI is InChI=1S/C22H25N3O3/c23-20(26)12-15-24(16-17-8-2-1-3-9-17)13-6-7-14-25-21(27)18-10-4-5-11-19(18)22(25)28/h1-5,8-11H,6-7,12-16H2,(H2,23,26). The average Bonchev–Trinajstić information content (AvgIpc) is 2.94. The molecule has 146 valence electrons. The fourth-order valence-electron chi connectivity index (χ4n) is 3.43.